The number of aryl methyl sites for hydroxylation is 1. The van der Waals surface area contributed by atoms with Crippen LogP contribution >= 0.6 is 0 Å². The summed E-state index contributed by atoms with van der Waals surface area (Å²) in [6.45, 7) is 10.3. The number of carbonyl (C=O) groups excluding carboxylic acids is 1. The van der Waals surface area contributed by atoms with E-state index in [4.69, 9.17) is 4.74 Å². The van der Waals surface area contributed by atoms with Gasteiger partial charge in [-0.25, -0.2) is 0 Å². The molecule has 0 aromatic heterocycles. The fraction of sp³-hybridized carbons (Fsp3) is 0.381. The summed E-state index contributed by atoms with van der Waals surface area (Å²) in [6, 6.07) is 15.5. The smallest absolute Gasteiger partial charge is 0.251 e. The Labute approximate surface area is 150 Å². The maximum atomic E-state index is 12.4. The minimum Gasteiger partial charge on any atom is -0.492 e. The number of para-hydroxylation sites is 1. The van der Waals surface area contributed by atoms with Gasteiger partial charge >= 0.3 is 0 Å². The Morgan fingerprint density at radius 1 is 1.04 bits per heavy atom. The van der Waals surface area contributed by atoms with Gasteiger partial charge in [0.2, 0.25) is 0 Å². The summed E-state index contributed by atoms with van der Waals surface area (Å²) in [5.41, 5.74) is 2.68. The molecule has 4 heteroatoms. The van der Waals surface area contributed by atoms with Crippen molar-refractivity contribution in [1.82, 2.24) is 10.2 Å². The molecule has 0 bridgehead atoms. The number of nitrogens with zero attached hydrogens (tertiary/aromatic N) is 1. The van der Waals surface area contributed by atoms with E-state index in [0.29, 0.717) is 18.7 Å². The van der Waals surface area contributed by atoms with Gasteiger partial charge < -0.3 is 15.0 Å². The first-order valence-corrected chi connectivity index (χ1v) is 8.92. The van der Waals surface area contributed by atoms with Crippen molar-refractivity contribution in [2.45, 2.75) is 27.3 Å². The molecule has 4 nitrogen and oxygen atoms in total. The number of amides is 1. The van der Waals surface area contributed by atoms with E-state index in [2.05, 4.69) is 24.1 Å². The average molecular weight is 340 g/mol. The summed E-state index contributed by atoms with van der Waals surface area (Å²) in [7, 11) is 0. The van der Waals surface area contributed by atoms with Crippen LogP contribution in [-0.4, -0.2) is 37.0 Å². The third-order valence-electron chi connectivity index (χ3n) is 4.36. The number of nitrogens with one attached hydrogen (secondary N) is 1. The summed E-state index contributed by atoms with van der Waals surface area (Å²) in [5, 5.41) is 2.99. The summed E-state index contributed by atoms with van der Waals surface area (Å²) in [5.74, 6) is 0.774. The third kappa shape index (κ3) is 5.61. The Morgan fingerprint density at radius 2 is 1.72 bits per heavy atom. The van der Waals surface area contributed by atoms with Gasteiger partial charge in [-0.2, -0.15) is 0 Å². The molecule has 0 atom stereocenters. The summed E-state index contributed by atoms with van der Waals surface area (Å²) in [4.78, 5) is 14.7. The lowest BCUT2D eigenvalue weighted by Crippen LogP contribution is -2.28. The molecule has 1 amide bonds. The van der Waals surface area contributed by atoms with Crippen molar-refractivity contribution in [2.24, 2.45) is 0 Å². The molecule has 2 aromatic carbocycles. The van der Waals surface area contributed by atoms with E-state index in [0.717, 1.165) is 36.5 Å². The quantitative estimate of drug-likeness (QED) is 0.758. The SMILES string of the molecule is CCN(CC)CCOc1ccccc1CNC(=O)c1ccccc1C. The highest BCUT2D eigenvalue weighted by Crippen LogP contribution is 2.18. The first kappa shape index (κ1) is 19.0. The molecule has 0 aliphatic carbocycles. The maximum absolute atomic E-state index is 12.4. The molecule has 0 saturated carbocycles. The first-order valence-electron chi connectivity index (χ1n) is 8.92. The van der Waals surface area contributed by atoms with Crippen LogP contribution in [0.3, 0.4) is 0 Å². The summed E-state index contributed by atoms with van der Waals surface area (Å²) < 4.78 is 5.94. The normalized spacial score (nSPS) is 10.7. The Hall–Kier alpha value is -2.33. The Morgan fingerprint density at radius 3 is 2.44 bits per heavy atom. The highest BCUT2D eigenvalue weighted by Gasteiger charge is 2.10. The molecule has 0 spiro atoms. The molecule has 0 aliphatic heterocycles. The number of likely N-dealkylation sites (N-methyl/N-ethyl adjacent to an activating group) is 1. The fourth-order valence-corrected chi connectivity index (χ4v) is 2.71. The van der Waals surface area contributed by atoms with Crippen molar-refractivity contribution in [3.8, 4) is 5.75 Å². The van der Waals surface area contributed by atoms with E-state index < -0.39 is 0 Å². The van der Waals surface area contributed by atoms with E-state index in [-0.39, 0.29) is 5.91 Å². The monoisotopic (exact) mass is 340 g/mol. The van der Waals surface area contributed by atoms with E-state index in [9.17, 15) is 4.79 Å². The number of hydrogen-bond donors (Lipinski definition) is 1. The maximum Gasteiger partial charge on any atom is 0.251 e. The molecule has 25 heavy (non-hydrogen) atoms. The lowest BCUT2D eigenvalue weighted by molar-refractivity contribution is 0.0950. The van der Waals surface area contributed by atoms with Gasteiger partial charge in [0.05, 0.1) is 0 Å². The minimum absolute atomic E-state index is 0.0592. The van der Waals surface area contributed by atoms with Gasteiger partial charge in [-0.1, -0.05) is 50.2 Å². The van der Waals surface area contributed by atoms with Crippen molar-refractivity contribution in [2.75, 3.05) is 26.2 Å². The van der Waals surface area contributed by atoms with Crippen LogP contribution in [0.5, 0.6) is 5.75 Å². The molecule has 0 saturated heterocycles. The zero-order valence-electron chi connectivity index (χ0n) is 15.4. The van der Waals surface area contributed by atoms with Gasteiger partial charge in [-0.15, -0.1) is 0 Å². The molecule has 1 N–H and O–H groups in total. The second-order valence-electron chi connectivity index (χ2n) is 5.98. The van der Waals surface area contributed by atoms with E-state index in [1.54, 1.807) is 0 Å². The molecule has 134 valence electrons. The molecule has 2 aromatic rings. The molecule has 0 heterocycles. The predicted molar refractivity (Wildman–Crippen MR) is 102 cm³/mol. The molecule has 0 fully saturated rings. The molecule has 0 unspecified atom stereocenters. The van der Waals surface area contributed by atoms with Crippen LogP contribution in [0.4, 0.5) is 0 Å². The zero-order valence-corrected chi connectivity index (χ0v) is 15.4. The van der Waals surface area contributed by atoms with E-state index >= 15 is 0 Å². The molecule has 2 rings (SSSR count). The van der Waals surface area contributed by atoms with Crippen LogP contribution in [0, 0.1) is 6.92 Å². The Balaban J connectivity index is 1.94. The van der Waals surface area contributed by atoms with Crippen LogP contribution in [-0.2, 0) is 6.54 Å². The zero-order chi connectivity index (χ0) is 18.1. The van der Waals surface area contributed by atoms with Gasteiger partial charge in [0.15, 0.2) is 0 Å². The topological polar surface area (TPSA) is 41.6 Å². The lowest BCUT2D eigenvalue weighted by atomic mass is 10.1. The van der Waals surface area contributed by atoms with Gasteiger partial charge in [-0.05, 0) is 37.7 Å². The van der Waals surface area contributed by atoms with Crippen molar-refractivity contribution < 1.29 is 9.53 Å². The predicted octanol–water partition coefficient (Wildman–Crippen LogP) is 3.65. The molecule has 0 radical (unpaired) electrons. The van der Waals surface area contributed by atoms with Crippen molar-refractivity contribution >= 4 is 5.91 Å². The van der Waals surface area contributed by atoms with Crippen molar-refractivity contribution in [3.05, 3.63) is 65.2 Å². The van der Waals surface area contributed by atoms with Crippen molar-refractivity contribution in [3.63, 3.8) is 0 Å². The number of benzene rings is 2. The minimum atomic E-state index is -0.0592. The number of ether oxygens (including phenoxy) is 1. The summed E-state index contributed by atoms with van der Waals surface area (Å²) in [6.07, 6.45) is 0. The Kier molecular flexibility index (Phi) is 7.48. The average Bonchev–Trinajstić information content (AvgIpc) is 2.64. The Bertz CT molecular complexity index is 681. The van der Waals surface area contributed by atoms with Crippen LogP contribution in [0.1, 0.15) is 35.3 Å². The summed E-state index contributed by atoms with van der Waals surface area (Å²) >= 11 is 0. The number of carbonyl (C=O) groups is 1. The van der Waals surface area contributed by atoms with Gasteiger partial charge in [0.25, 0.3) is 5.91 Å². The molecular formula is C21H28N2O2. The standard InChI is InChI=1S/C21H28N2O2/c1-4-23(5-2)14-15-25-20-13-9-7-11-18(20)16-22-21(24)19-12-8-6-10-17(19)3/h6-13H,4-5,14-16H2,1-3H3,(H,22,24). The largest absolute Gasteiger partial charge is 0.492 e. The molecule has 0 aliphatic rings. The number of rotatable bonds is 9. The fourth-order valence-electron chi connectivity index (χ4n) is 2.71. The van der Waals surface area contributed by atoms with E-state index in [1.165, 1.54) is 0 Å². The van der Waals surface area contributed by atoms with Crippen LogP contribution in [0.25, 0.3) is 0 Å². The first-order chi connectivity index (χ1) is 12.2. The van der Waals surface area contributed by atoms with Gasteiger partial charge in [0, 0.05) is 24.2 Å². The van der Waals surface area contributed by atoms with Crippen molar-refractivity contribution in [1.29, 1.82) is 0 Å². The van der Waals surface area contributed by atoms with Crippen LogP contribution in [0.15, 0.2) is 48.5 Å². The second-order valence-corrected chi connectivity index (χ2v) is 5.98. The number of hydrogen-bond acceptors (Lipinski definition) is 3. The van der Waals surface area contributed by atoms with Crippen LogP contribution < -0.4 is 10.1 Å². The highest BCUT2D eigenvalue weighted by molar-refractivity contribution is 5.95. The second kappa shape index (κ2) is 9.84. The van der Waals surface area contributed by atoms with Gasteiger partial charge in [-0.3, -0.25) is 4.79 Å². The lowest BCUT2D eigenvalue weighted by Gasteiger charge is -2.19. The van der Waals surface area contributed by atoms with E-state index in [1.807, 2.05) is 55.5 Å². The highest BCUT2D eigenvalue weighted by atomic mass is 16.5. The van der Waals surface area contributed by atoms with Gasteiger partial charge in [0.1, 0.15) is 12.4 Å². The molecular weight excluding hydrogens is 312 g/mol. The van der Waals surface area contributed by atoms with Crippen LogP contribution in [0.2, 0.25) is 0 Å². The third-order valence-corrected chi connectivity index (χ3v) is 4.36.